The first kappa shape index (κ1) is 20.3. The molecule has 0 bridgehead atoms. The van der Waals surface area contributed by atoms with Crippen LogP contribution in [0, 0.1) is 0 Å². The number of hydrogen-bond donors (Lipinski definition) is 2. The Morgan fingerprint density at radius 3 is 2.67 bits per heavy atom. The number of benzene rings is 1. The Balaban J connectivity index is 1.94. The summed E-state index contributed by atoms with van der Waals surface area (Å²) in [5, 5.41) is 5.78. The third kappa shape index (κ3) is 4.69. The number of amides is 1. The molecule has 5 nitrogen and oxygen atoms in total. The van der Waals surface area contributed by atoms with E-state index >= 15 is 0 Å². The second-order valence-corrected chi connectivity index (χ2v) is 9.07. The fourth-order valence-corrected chi connectivity index (χ4v) is 4.86. The van der Waals surface area contributed by atoms with E-state index in [1.54, 1.807) is 0 Å². The molecular formula is C20H26BrN3O2S. The lowest BCUT2D eigenvalue weighted by molar-refractivity contribution is -0.113. The van der Waals surface area contributed by atoms with Crippen molar-refractivity contribution in [2.45, 2.75) is 57.2 Å². The summed E-state index contributed by atoms with van der Waals surface area (Å²) in [6, 6.07) is 8.08. The first-order valence-corrected chi connectivity index (χ1v) is 11.4. The number of H-pyrrole nitrogens is 1. The maximum atomic E-state index is 12.8. The van der Waals surface area contributed by atoms with Crippen molar-refractivity contribution >= 4 is 39.4 Å². The predicted molar refractivity (Wildman–Crippen MR) is 116 cm³/mol. The highest BCUT2D eigenvalue weighted by Gasteiger charge is 2.31. The van der Waals surface area contributed by atoms with Crippen LogP contribution in [-0.4, -0.2) is 21.4 Å². The van der Waals surface area contributed by atoms with Crippen LogP contribution in [0.15, 0.2) is 33.5 Å². The highest BCUT2D eigenvalue weighted by atomic mass is 79.9. The zero-order valence-corrected chi connectivity index (χ0v) is 18.2. The number of unbranched alkanes of at least 4 members (excludes halogenated alkanes) is 3. The SMILES string of the molecule is CCCCCCC(C)n1[nH]c(=O)c2c1NC(=O)CSC2c1ccc(Br)cc1. The molecule has 1 aliphatic rings. The van der Waals surface area contributed by atoms with Crippen LogP contribution in [0.1, 0.15) is 68.4 Å². The van der Waals surface area contributed by atoms with E-state index in [1.165, 1.54) is 31.0 Å². The summed E-state index contributed by atoms with van der Waals surface area (Å²) in [4.78, 5) is 25.1. The van der Waals surface area contributed by atoms with Gasteiger partial charge in [-0.1, -0.05) is 60.7 Å². The van der Waals surface area contributed by atoms with Crippen molar-refractivity contribution in [2.75, 3.05) is 11.1 Å². The van der Waals surface area contributed by atoms with Crippen molar-refractivity contribution in [3.8, 4) is 0 Å². The second kappa shape index (κ2) is 9.15. The van der Waals surface area contributed by atoms with Crippen molar-refractivity contribution in [1.29, 1.82) is 0 Å². The molecule has 1 aromatic heterocycles. The third-order valence-electron chi connectivity index (χ3n) is 4.95. The molecule has 1 aliphatic heterocycles. The van der Waals surface area contributed by atoms with Crippen LogP contribution in [-0.2, 0) is 4.79 Å². The smallest absolute Gasteiger partial charge is 0.270 e. The van der Waals surface area contributed by atoms with Crippen molar-refractivity contribution in [3.05, 3.63) is 50.2 Å². The number of halogens is 1. The molecule has 7 heteroatoms. The molecule has 0 radical (unpaired) electrons. The number of aromatic nitrogens is 2. The number of carbonyl (C=O) groups is 1. The number of thioether (sulfide) groups is 1. The van der Waals surface area contributed by atoms with Gasteiger partial charge in [-0.15, -0.1) is 11.8 Å². The summed E-state index contributed by atoms with van der Waals surface area (Å²) in [6.45, 7) is 4.29. The Bertz CT molecular complexity index is 844. The lowest BCUT2D eigenvalue weighted by Crippen LogP contribution is -2.18. The molecule has 0 aliphatic carbocycles. The molecule has 2 unspecified atom stereocenters. The van der Waals surface area contributed by atoms with E-state index in [0.29, 0.717) is 17.1 Å². The number of rotatable bonds is 7. The number of carbonyl (C=O) groups excluding carboxylic acids is 1. The molecule has 1 aromatic carbocycles. The van der Waals surface area contributed by atoms with Gasteiger partial charge in [-0.2, -0.15) is 0 Å². The number of fused-ring (bicyclic) bond motifs is 1. The maximum Gasteiger partial charge on any atom is 0.270 e. The number of hydrogen-bond acceptors (Lipinski definition) is 3. The van der Waals surface area contributed by atoms with Gasteiger partial charge in [-0.05, 0) is 31.0 Å². The van der Waals surface area contributed by atoms with Crippen LogP contribution in [0.4, 0.5) is 5.82 Å². The number of aromatic amines is 1. The van der Waals surface area contributed by atoms with Gasteiger partial charge in [0.15, 0.2) is 0 Å². The van der Waals surface area contributed by atoms with Gasteiger partial charge in [0.25, 0.3) is 5.56 Å². The van der Waals surface area contributed by atoms with Gasteiger partial charge in [0.05, 0.1) is 16.6 Å². The Kier molecular flexibility index (Phi) is 6.87. The molecule has 0 fully saturated rings. The van der Waals surface area contributed by atoms with Gasteiger partial charge in [0.2, 0.25) is 5.91 Å². The molecular weight excluding hydrogens is 426 g/mol. The molecule has 0 saturated carbocycles. The highest BCUT2D eigenvalue weighted by Crippen LogP contribution is 2.40. The van der Waals surface area contributed by atoms with Gasteiger partial charge in [0, 0.05) is 10.5 Å². The second-order valence-electron chi connectivity index (χ2n) is 7.06. The summed E-state index contributed by atoms with van der Waals surface area (Å²) in [5.41, 5.74) is 1.56. The monoisotopic (exact) mass is 451 g/mol. The van der Waals surface area contributed by atoms with E-state index < -0.39 is 0 Å². The van der Waals surface area contributed by atoms with Gasteiger partial charge in [-0.3, -0.25) is 19.4 Å². The number of nitrogens with one attached hydrogen (secondary N) is 2. The van der Waals surface area contributed by atoms with Gasteiger partial charge < -0.3 is 5.32 Å². The third-order valence-corrected chi connectivity index (χ3v) is 6.75. The van der Waals surface area contributed by atoms with E-state index in [9.17, 15) is 9.59 Å². The molecule has 0 spiro atoms. The minimum atomic E-state index is -0.163. The lowest BCUT2D eigenvalue weighted by Gasteiger charge is -2.18. The van der Waals surface area contributed by atoms with Gasteiger partial charge >= 0.3 is 0 Å². The zero-order chi connectivity index (χ0) is 19.4. The molecule has 146 valence electrons. The van der Waals surface area contributed by atoms with Crippen molar-refractivity contribution in [2.24, 2.45) is 0 Å². The highest BCUT2D eigenvalue weighted by molar-refractivity contribution is 9.10. The normalized spacial score (nSPS) is 17.9. The number of nitrogens with zero attached hydrogens (tertiary/aromatic N) is 1. The van der Waals surface area contributed by atoms with Crippen LogP contribution >= 0.6 is 27.7 Å². The Hall–Kier alpha value is -1.47. The van der Waals surface area contributed by atoms with Crippen molar-refractivity contribution < 1.29 is 4.79 Å². The largest absolute Gasteiger partial charge is 0.310 e. The fraction of sp³-hybridized carbons (Fsp3) is 0.500. The van der Waals surface area contributed by atoms with E-state index in [1.807, 2.05) is 28.9 Å². The summed E-state index contributed by atoms with van der Waals surface area (Å²) in [5.74, 6) is 0.900. The van der Waals surface area contributed by atoms with E-state index in [0.717, 1.165) is 22.9 Å². The summed E-state index contributed by atoms with van der Waals surface area (Å²) in [6.07, 6.45) is 5.71. The maximum absolute atomic E-state index is 12.8. The first-order chi connectivity index (χ1) is 13.0. The molecule has 0 saturated heterocycles. The standard InChI is InChI=1S/C20H26BrN3O2S/c1-3-4-5-6-7-13(2)24-19-17(20(26)23-24)18(27-12-16(25)22-19)14-8-10-15(21)11-9-14/h8-11,13,18H,3-7,12H2,1-2H3,(H,22,25)(H,23,26). The fourth-order valence-electron chi connectivity index (χ4n) is 3.47. The summed E-state index contributed by atoms with van der Waals surface area (Å²) in [7, 11) is 0. The average Bonchev–Trinajstić information content (AvgIpc) is 2.85. The van der Waals surface area contributed by atoms with Crippen molar-refractivity contribution in [3.63, 3.8) is 0 Å². The van der Waals surface area contributed by atoms with Crippen LogP contribution in [0.2, 0.25) is 0 Å². The zero-order valence-electron chi connectivity index (χ0n) is 15.8. The minimum absolute atomic E-state index is 0.0632. The summed E-state index contributed by atoms with van der Waals surface area (Å²) < 4.78 is 2.85. The molecule has 2 atom stereocenters. The molecule has 2 aromatic rings. The quantitative estimate of drug-likeness (QED) is 0.565. The Morgan fingerprint density at radius 1 is 1.22 bits per heavy atom. The Morgan fingerprint density at radius 2 is 1.96 bits per heavy atom. The molecule has 3 rings (SSSR count). The van der Waals surface area contributed by atoms with Crippen LogP contribution in [0.3, 0.4) is 0 Å². The van der Waals surface area contributed by atoms with Crippen LogP contribution < -0.4 is 10.9 Å². The van der Waals surface area contributed by atoms with E-state index in [2.05, 4.69) is 40.2 Å². The Labute approximate surface area is 172 Å². The average molecular weight is 452 g/mol. The van der Waals surface area contributed by atoms with E-state index in [-0.39, 0.29) is 22.8 Å². The molecule has 2 N–H and O–H groups in total. The summed E-state index contributed by atoms with van der Waals surface area (Å²) >= 11 is 4.95. The van der Waals surface area contributed by atoms with Crippen LogP contribution in [0.5, 0.6) is 0 Å². The minimum Gasteiger partial charge on any atom is -0.310 e. The number of anilines is 1. The molecule has 1 amide bonds. The van der Waals surface area contributed by atoms with Gasteiger partial charge in [0.1, 0.15) is 5.82 Å². The lowest BCUT2D eigenvalue weighted by atomic mass is 10.1. The van der Waals surface area contributed by atoms with Crippen LogP contribution in [0.25, 0.3) is 0 Å². The topological polar surface area (TPSA) is 66.9 Å². The van der Waals surface area contributed by atoms with Gasteiger partial charge in [-0.25, -0.2) is 0 Å². The first-order valence-electron chi connectivity index (χ1n) is 9.52. The molecule has 27 heavy (non-hydrogen) atoms. The van der Waals surface area contributed by atoms with Crippen molar-refractivity contribution in [1.82, 2.24) is 9.78 Å². The molecule has 2 heterocycles. The van der Waals surface area contributed by atoms with E-state index in [4.69, 9.17) is 0 Å². The predicted octanol–water partition coefficient (Wildman–Crippen LogP) is 5.25.